The molecule has 0 atom stereocenters. The largest absolute Gasteiger partial charge is 0.416 e. The number of alkyl halides is 3. The number of aromatic nitrogens is 1. The van der Waals surface area contributed by atoms with E-state index in [0.717, 1.165) is 37.8 Å². The number of hydrogen-bond acceptors (Lipinski definition) is 4. The number of carbonyl (C=O) groups is 2. The number of amides is 3. The van der Waals surface area contributed by atoms with E-state index in [2.05, 4.69) is 10.3 Å². The number of nitrogens with one attached hydrogen (secondary N) is 1. The molecule has 3 aliphatic rings. The van der Waals surface area contributed by atoms with Gasteiger partial charge in [0.1, 0.15) is 10.5 Å². The second kappa shape index (κ2) is 6.29. The van der Waals surface area contributed by atoms with Crippen LogP contribution in [0, 0.1) is 11.8 Å². The van der Waals surface area contributed by atoms with Crippen molar-refractivity contribution in [3.8, 4) is 10.6 Å². The molecule has 9 heteroatoms. The van der Waals surface area contributed by atoms with E-state index < -0.39 is 17.3 Å². The molecule has 1 aromatic heterocycles. The molecule has 1 aromatic carbocycles. The number of nitrogens with zero attached hydrogens (tertiary/aromatic N) is 2. The number of hydrogen-bond donors (Lipinski definition) is 1. The van der Waals surface area contributed by atoms with Crippen molar-refractivity contribution in [2.75, 3.05) is 0 Å². The van der Waals surface area contributed by atoms with Gasteiger partial charge in [-0.15, -0.1) is 11.3 Å². The van der Waals surface area contributed by atoms with Gasteiger partial charge in [-0.05, 0) is 49.7 Å². The molecule has 152 valence electrons. The van der Waals surface area contributed by atoms with Crippen molar-refractivity contribution in [3.63, 3.8) is 0 Å². The fraction of sp³-hybridized carbons (Fsp3) is 0.450. The van der Waals surface area contributed by atoms with Crippen LogP contribution in [0.3, 0.4) is 0 Å². The number of urea groups is 1. The summed E-state index contributed by atoms with van der Waals surface area (Å²) in [7, 11) is 0. The highest BCUT2D eigenvalue weighted by molar-refractivity contribution is 7.13. The van der Waals surface area contributed by atoms with Gasteiger partial charge in [-0.2, -0.15) is 13.2 Å². The van der Waals surface area contributed by atoms with Gasteiger partial charge in [0.15, 0.2) is 0 Å². The SMILES string of the molecule is O=C1NC(C2CC2)(C2CC2)C(=O)N1Cc1csc(-c2ccc(C(F)(F)F)cc2)n1. The Kier molecular flexibility index (Phi) is 4.03. The van der Waals surface area contributed by atoms with Crippen molar-refractivity contribution in [2.24, 2.45) is 11.8 Å². The molecule has 2 aromatic rings. The van der Waals surface area contributed by atoms with Gasteiger partial charge in [-0.3, -0.25) is 9.69 Å². The topological polar surface area (TPSA) is 62.3 Å². The summed E-state index contributed by atoms with van der Waals surface area (Å²) in [6, 6.07) is 4.42. The van der Waals surface area contributed by atoms with Gasteiger partial charge in [0.05, 0.1) is 17.8 Å². The number of thiazole rings is 1. The highest BCUT2D eigenvalue weighted by Gasteiger charge is 2.65. The smallest absolute Gasteiger partial charge is 0.323 e. The first-order chi connectivity index (χ1) is 13.8. The van der Waals surface area contributed by atoms with E-state index in [1.807, 2.05) is 0 Å². The van der Waals surface area contributed by atoms with E-state index in [9.17, 15) is 22.8 Å². The molecular weight excluding hydrogens is 403 g/mol. The van der Waals surface area contributed by atoms with Crippen LogP contribution in [-0.4, -0.2) is 27.4 Å². The molecule has 5 nitrogen and oxygen atoms in total. The van der Waals surface area contributed by atoms with Crippen molar-refractivity contribution in [3.05, 3.63) is 40.9 Å². The number of imide groups is 1. The summed E-state index contributed by atoms with van der Waals surface area (Å²) < 4.78 is 38.2. The van der Waals surface area contributed by atoms with Gasteiger partial charge in [0, 0.05) is 10.9 Å². The molecule has 1 aliphatic heterocycles. The number of benzene rings is 1. The highest BCUT2D eigenvalue weighted by atomic mass is 32.1. The highest BCUT2D eigenvalue weighted by Crippen LogP contribution is 2.54. The second-order valence-electron chi connectivity index (χ2n) is 7.96. The molecule has 1 saturated heterocycles. The van der Waals surface area contributed by atoms with E-state index in [0.29, 0.717) is 16.3 Å². The third kappa shape index (κ3) is 3.11. The predicted molar refractivity (Wildman–Crippen MR) is 99.8 cm³/mol. The lowest BCUT2D eigenvalue weighted by Crippen LogP contribution is -2.51. The van der Waals surface area contributed by atoms with Gasteiger partial charge in [0.25, 0.3) is 5.91 Å². The average molecular weight is 421 g/mol. The molecular formula is C20H18F3N3O2S. The summed E-state index contributed by atoms with van der Waals surface area (Å²) in [6.45, 7) is 0.0724. The van der Waals surface area contributed by atoms with Crippen LogP contribution in [0.1, 0.15) is 36.9 Å². The lowest BCUT2D eigenvalue weighted by Gasteiger charge is -2.26. The summed E-state index contributed by atoms with van der Waals surface area (Å²) in [6.07, 6.45) is -0.530. The monoisotopic (exact) mass is 421 g/mol. The fourth-order valence-corrected chi connectivity index (χ4v) is 5.01. The Morgan fingerprint density at radius 3 is 2.28 bits per heavy atom. The Hall–Kier alpha value is -2.42. The predicted octanol–water partition coefficient (Wildman–Crippen LogP) is 4.44. The molecule has 1 N–H and O–H groups in total. The first-order valence-corrected chi connectivity index (χ1v) is 10.4. The molecule has 0 spiro atoms. The van der Waals surface area contributed by atoms with Crippen molar-refractivity contribution in [2.45, 2.75) is 43.9 Å². The number of carbonyl (C=O) groups excluding carboxylic acids is 2. The molecule has 3 fully saturated rings. The Morgan fingerprint density at radius 2 is 1.72 bits per heavy atom. The summed E-state index contributed by atoms with van der Waals surface area (Å²) in [4.78, 5) is 31.3. The van der Waals surface area contributed by atoms with Crippen LogP contribution < -0.4 is 5.32 Å². The Labute approximate surface area is 168 Å². The van der Waals surface area contributed by atoms with E-state index in [1.165, 1.54) is 28.4 Å². The summed E-state index contributed by atoms with van der Waals surface area (Å²) in [5.74, 6) is 0.306. The molecule has 2 heterocycles. The van der Waals surface area contributed by atoms with E-state index in [4.69, 9.17) is 0 Å². The molecule has 2 saturated carbocycles. The molecule has 2 aliphatic carbocycles. The zero-order chi connectivity index (χ0) is 20.4. The summed E-state index contributed by atoms with van der Waals surface area (Å²) in [5.41, 5.74) is -0.329. The van der Waals surface area contributed by atoms with E-state index in [-0.39, 0.29) is 30.3 Å². The minimum atomic E-state index is -4.38. The third-order valence-electron chi connectivity index (χ3n) is 5.93. The van der Waals surface area contributed by atoms with Crippen molar-refractivity contribution in [1.82, 2.24) is 15.2 Å². The Bertz CT molecular complexity index is 966. The van der Waals surface area contributed by atoms with Crippen molar-refractivity contribution < 1.29 is 22.8 Å². The number of rotatable bonds is 5. The zero-order valence-electron chi connectivity index (χ0n) is 15.3. The lowest BCUT2D eigenvalue weighted by atomic mass is 9.87. The molecule has 0 unspecified atom stereocenters. The molecule has 29 heavy (non-hydrogen) atoms. The van der Waals surface area contributed by atoms with E-state index >= 15 is 0 Å². The lowest BCUT2D eigenvalue weighted by molar-refractivity contribution is -0.137. The fourth-order valence-electron chi connectivity index (χ4n) is 4.20. The minimum absolute atomic E-state index is 0.0724. The van der Waals surface area contributed by atoms with Crippen LogP contribution in [0.5, 0.6) is 0 Å². The van der Waals surface area contributed by atoms with Crippen LogP contribution in [-0.2, 0) is 17.5 Å². The van der Waals surface area contributed by atoms with Crippen LogP contribution in [0.25, 0.3) is 10.6 Å². The third-order valence-corrected chi connectivity index (χ3v) is 6.87. The Morgan fingerprint density at radius 1 is 1.10 bits per heavy atom. The molecule has 3 amide bonds. The van der Waals surface area contributed by atoms with Crippen LogP contribution in [0.2, 0.25) is 0 Å². The zero-order valence-corrected chi connectivity index (χ0v) is 16.1. The maximum absolute atomic E-state index is 13.1. The van der Waals surface area contributed by atoms with Gasteiger partial charge in [0.2, 0.25) is 0 Å². The van der Waals surface area contributed by atoms with Crippen molar-refractivity contribution in [1.29, 1.82) is 0 Å². The molecule has 0 radical (unpaired) electrons. The Balaban J connectivity index is 1.34. The van der Waals surface area contributed by atoms with Crippen molar-refractivity contribution >= 4 is 23.3 Å². The summed E-state index contributed by atoms with van der Waals surface area (Å²) >= 11 is 1.28. The summed E-state index contributed by atoms with van der Waals surface area (Å²) in [5, 5.41) is 5.27. The van der Waals surface area contributed by atoms with Gasteiger partial charge >= 0.3 is 12.2 Å². The van der Waals surface area contributed by atoms with Gasteiger partial charge < -0.3 is 5.32 Å². The maximum atomic E-state index is 13.1. The maximum Gasteiger partial charge on any atom is 0.416 e. The first kappa shape index (κ1) is 18.6. The van der Waals surface area contributed by atoms with Gasteiger partial charge in [-0.25, -0.2) is 9.78 Å². The second-order valence-corrected chi connectivity index (χ2v) is 8.82. The van der Waals surface area contributed by atoms with Gasteiger partial charge in [-0.1, -0.05) is 12.1 Å². The first-order valence-electron chi connectivity index (χ1n) is 9.55. The van der Waals surface area contributed by atoms with Crippen LogP contribution >= 0.6 is 11.3 Å². The molecule has 5 rings (SSSR count). The molecule has 0 bridgehead atoms. The standard InChI is InChI=1S/C20H18F3N3O2S/c21-20(22,23)14-3-1-11(2-4-14)16-24-15(10-29-16)9-26-17(27)19(12-5-6-12,13-7-8-13)25-18(26)28/h1-4,10,12-13H,5-9H2,(H,25,28). The van der Waals surface area contributed by atoms with E-state index in [1.54, 1.807) is 5.38 Å². The van der Waals surface area contributed by atoms with Crippen LogP contribution in [0.15, 0.2) is 29.6 Å². The van der Waals surface area contributed by atoms with Crippen LogP contribution in [0.4, 0.5) is 18.0 Å². The number of halogens is 3. The average Bonchev–Trinajstić information content (AvgIpc) is 3.61. The minimum Gasteiger partial charge on any atom is -0.323 e. The quantitative estimate of drug-likeness (QED) is 0.726. The normalized spacial score (nSPS) is 21.6.